The van der Waals surface area contributed by atoms with Crippen molar-refractivity contribution < 1.29 is 18.0 Å². The molecule has 0 heterocycles. The summed E-state index contributed by atoms with van der Waals surface area (Å²) in [7, 11) is 0. The van der Waals surface area contributed by atoms with Crippen LogP contribution in [0.5, 0.6) is 0 Å². The van der Waals surface area contributed by atoms with Gasteiger partial charge in [-0.2, -0.15) is 0 Å². The predicted octanol–water partition coefficient (Wildman–Crippen LogP) is 2.69. The number of benzene rings is 1. The number of hydrogen-bond donors (Lipinski definition) is 1. The molecule has 3 nitrogen and oxygen atoms in total. The molecule has 2 unspecified atom stereocenters. The van der Waals surface area contributed by atoms with E-state index in [1.807, 2.05) is 0 Å². The molecule has 1 amide bonds. The van der Waals surface area contributed by atoms with Crippen LogP contribution in [-0.2, 0) is 0 Å². The number of nitrogens with zero attached hydrogens (tertiary/aromatic N) is 1. The minimum atomic E-state index is -1.61. The Hall–Kier alpha value is -1.56. The molecule has 1 aromatic carbocycles. The van der Waals surface area contributed by atoms with Crippen LogP contribution in [0.3, 0.4) is 0 Å². The maximum absolute atomic E-state index is 13.8. The van der Waals surface area contributed by atoms with Crippen LogP contribution < -0.4 is 5.73 Å². The fourth-order valence-electron chi connectivity index (χ4n) is 3.08. The first kappa shape index (κ1) is 15.8. The molecule has 0 radical (unpaired) electrons. The number of rotatable bonds is 4. The highest BCUT2D eigenvalue weighted by atomic mass is 19.2. The van der Waals surface area contributed by atoms with Crippen LogP contribution in [0.2, 0.25) is 0 Å². The Morgan fingerprint density at radius 1 is 1.29 bits per heavy atom. The summed E-state index contributed by atoms with van der Waals surface area (Å²) in [6.07, 6.45) is 2.68. The van der Waals surface area contributed by atoms with Gasteiger partial charge < -0.3 is 10.6 Å². The quantitative estimate of drug-likeness (QED) is 0.869. The Labute approximate surface area is 121 Å². The SMILES string of the molecule is CCN(C(=O)c1ccc(F)c(F)c1F)C1CCCC1CN. The van der Waals surface area contributed by atoms with Crippen molar-refractivity contribution >= 4 is 5.91 Å². The minimum Gasteiger partial charge on any atom is -0.336 e. The average Bonchev–Trinajstić information content (AvgIpc) is 2.94. The molecule has 0 saturated heterocycles. The first-order chi connectivity index (χ1) is 10.0. The first-order valence-corrected chi connectivity index (χ1v) is 7.15. The van der Waals surface area contributed by atoms with E-state index < -0.39 is 28.9 Å². The lowest BCUT2D eigenvalue weighted by Gasteiger charge is -2.32. The van der Waals surface area contributed by atoms with Crippen LogP contribution in [0.15, 0.2) is 12.1 Å². The molecular weight excluding hydrogens is 281 g/mol. The van der Waals surface area contributed by atoms with Crippen molar-refractivity contribution in [2.24, 2.45) is 11.7 Å². The second kappa shape index (κ2) is 6.47. The van der Waals surface area contributed by atoms with Gasteiger partial charge in [0.05, 0.1) is 5.56 Å². The highest BCUT2D eigenvalue weighted by molar-refractivity contribution is 5.94. The summed E-state index contributed by atoms with van der Waals surface area (Å²) in [4.78, 5) is 14.0. The number of amides is 1. The molecule has 2 atom stereocenters. The summed E-state index contributed by atoms with van der Waals surface area (Å²) < 4.78 is 40.1. The van der Waals surface area contributed by atoms with Crippen molar-refractivity contribution in [1.82, 2.24) is 4.90 Å². The summed E-state index contributed by atoms with van der Waals surface area (Å²) in [5.74, 6) is -4.78. The van der Waals surface area contributed by atoms with Gasteiger partial charge in [-0.25, -0.2) is 13.2 Å². The standard InChI is InChI=1S/C15H19F3N2O/c1-2-20(12-5-3-4-9(12)8-19)15(21)10-6-7-11(16)14(18)13(10)17/h6-7,9,12H,2-5,8,19H2,1H3. The third kappa shape index (κ3) is 2.90. The highest BCUT2D eigenvalue weighted by Gasteiger charge is 2.34. The van der Waals surface area contributed by atoms with Crippen molar-refractivity contribution in [1.29, 1.82) is 0 Å². The normalized spacial score (nSPS) is 21.6. The molecule has 0 bridgehead atoms. The fourth-order valence-corrected chi connectivity index (χ4v) is 3.08. The lowest BCUT2D eigenvalue weighted by atomic mass is 10.0. The van der Waals surface area contributed by atoms with Gasteiger partial charge in [0.1, 0.15) is 0 Å². The van der Waals surface area contributed by atoms with Crippen LogP contribution in [0.25, 0.3) is 0 Å². The Bertz CT molecular complexity index is 536. The molecule has 1 saturated carbocycles. The first-order valence-electron chi connectivity index (χ1n) is 7.15. The molecule has 0 aliphatic heterocycles. The van der Waals surface area contributed by atoms with Gasteiger partial charge in [0.15, 0.2) is 17.5 Å². The van der Waals surface area contributed by atoms with Crippen molar-refractivity contribution in [3.8, 4) is 0 Å². The molecule has 1 fully saturated rings. The number of halogens is 3. The van der Waals surface area contributed by atoms with E-state index >= 15 is 0 Å². The lowest BCUT2D eigenvalue weighted by Crippen LogP contribution is -2.44. The molecule has 1 aliphatic rings. The largest absolute Gasteiger partial charge is 0.336 e. The third-order valence-electron chi connectivity index (χ3n) is 4.19. The molecule has 21 heavy (non-hydrogen) atoms. The number of carbonyl (C=O) groups excluding carboxylic acids is 1. The average molecular weight is 300 g/mol. The number of carbonyl (C=O) groups is 1. The zero-order chi connectivity index (χ0) is 15.6. The molecule has 0 aromatic heterocycles. The van der Waals surface area contributed by atoms with Crippen molar-refractivity contribution in [2.75, 3.05) is 13.1 Å². The fraction of sp³-hybridized carbons (Fsp3) is 0.533. The van der Waals surface area contributed by atoms with E-state index in [9.17, 15) is 18.0 Å². The molecule has 1 aromatic rings. The zero-order valence-electron chi connectivity index (χ0n) is 11.9. The highest BCUT2D eigenvalue weighted by Crippen LogP contribution is 2.30. The third-order valence-corrected chi connectivity index (χ3v) is 4.19. The molecule has 1 aliphatic carbocycles. The van der Waals surface area contributed by atoms with E-state index in [1.165, 1.54) is 4.90 Å². The second-order valence-corrected chi connectivity index (χ2v) is 5.31. The van der Waals surface area contributed by atoms with Crippen LogP contribution >= 0.6 is 0 Å². The van der Waals surface area contributed by atoms with Gasteiger partial charge >= 0.3 is 0 Å². The van der Waals surface area contributed by atoms with Crippen LogP contribution in [0.1, 0.15) is 36.5 Å². The van der Waals surface area contributed by atoms with Crippen LogP contribution in [-0.4, -0.2) is 29.9 Å². The van der Waals surface area contributed by atoms with Gasteiger partial charge in [0.25, 0.3) is 5.91 Å². The van der Waals surface area contributed by atoms with Gasteiger partial charge in [-0.1, -0.05) is 6.42 Å². The molecule has 2 rings (SSSR count). The van der Waals surface area contributed by atoms with Crippen molar-refractivity contribution in [2.45, 2.75) is 32.2 Å². The van der Waals surface area contributed by atoms with Crippen molar-refractivity contribution in [3.05, 3.63) is 35.1 Å². The Balaban J connectivity index is 2.31. The molecule has 2 N–H and O–H groups in total. The van der Waals surface area contributed by atoms with E-state index in [0.29, 0.717) is 13.1 Å². The smallest absolute Gasteiger partial charge is 0.257 e. The van der Waals surface area contributed by atoms with Gasteiger partial charge in [0.2, 0.25) is 0 Å². The molecule has 116 valence electrons. The maximum atomic E-state index is 13.8. The second-order valence-electron chi connectivity index (χ2n) is 5.31. The van der Waals surface area contributed by atoms with E-state index in [-0.39, 0.29) is 12.0 Å². The van der Waals surface area contributed by atoms with Gasteiger partial charge in [0, 0.05) is 12.6 Å². The van der Waals surface area contributed by atoms with Crippen molar-refractivity contribution in [3.63, 3.8) is 0 Å². The summed E-state index contributed by atoms with van der Waals surface area (Å²) >= 11 is 0. The molecular formula is C15H19F3N2O. The molecule has 6 heteroatoms. The summed E-state index contributed by atoms with van der Waals surface area (Å²) in [5.41, 5.74) is 5.28. The maximum Gasteiger partial charge on any atom is 0.257 e. The van der Waals surface area contributed by atoms with Gasteiger partial charge in [-0.15, -0.1) is 0 Å². The van der Waals surface area contributed by atoms with E-state index in [1.54, 1.807) is 6.92 Å². The predicted molar refractivity (Wildman–Crippen MR) is 73.2 cm³/mol. The van der Waals surface area contributed by atoms with E-state index in [2.05, 4.69) is 0 Å². The van der Waals surface area contributed by atoms with Gasteiger partial charge in [-0.05, 0) is 44.4 Å². The van der Waals surface area contributed by atoms with Crippen LogP contribution in [0.4, 0.5) is 13.2 Å². The van der Waals surface area contributed by atoms with Crippen LogP contribution in [0, 0.1) is 23.4 Å². The minimum absolute atomic E-state index is 0.0694. The summed E-state index contributed by atoms with van der Waals surface area (Å²) in [6, 6.07) is 1.69. The van der Waals surface area contributed by atoms with E-state index in [4.69, 9.17) is 5.73 Å². The zero-order valence-corrected chi connectivity index (χ0v) is 11.9. The number of nitrogens with two attached hydrogens (primary N) is 1. The Morgan fingerprint density at radius 2 is 2.00 bits per heavy atom. The Morgan fingerprint density at radius 3 is 2.62 bits per heavy atom. The van der Waals surface area contributed by atoms with Gasteiger partial charge in [-0.3, -0.25) is 4.79 Å². The number of hydrogen-bond acceptors (Lipinski definition) is 2. The van der Waals surface area contributed by atoms with E-state index in [0.717, 1.165) is 31.4 Å². The molecule has 0 spiro atoms. The summed E-state index contributed by atoms with van der Waals surface area (Å²) in [6.45, 7) is 2.61. The monoisotopic (exact) mass is 300 g/mol. The lowest BCUT2D eigenvalue weighted by molar-refractivity contribution is 0.0646. The Kier molecular flexibility index (Phi) is 4.88. The topological polar surface area (TPSA) is 46.3 Å². The summed E-state index contributed by atoms with van der Waals surface area (Å²) in [5, 5.41) is 0.